The highest BCUT2D eigenvalue weighted by Crippen LogP contribution is 2.35. The number of hydrogen-bond acceptors (Lipinski definition) is 5. The number of carbonyl (C=O) groups excluding carboxylic acids is 1. The Balaban J connectivity index is 1.80. The van der Waals surface area contributed by atoms with E-state index < -0.39 is 11.2 Å². The molecule has 26 heavy (non-hydrogen) atoms. The Morgan fingerprint density at radius 1 is 1.04 bits per heavy atom. The van der Waals surface area contributed by atoms with Crippen LogP contribution in [0.4, 0.5) is 0 Å². The fraction of sp³-hybridized carbons (Fsp3) is 0.250. The van der Waals surface area contributed by atoms with Crippen molar-refractivity contribution >= 4 is 17.7 Å². The quantitative estimate of drug-likeness (QED) is 0.678. The van der Waals surface area contributed by atoms with Gasteiger partial charge in [-0.15, -0.1) is 10.2 Å². The number of thioether (sulfide) groups is 1. The van der Waals surface area contributed by atoms with E-state index in [2.05, 4.69) is 43.1 Å². The van der Waals surface area contributed by atoms with Crippen LogP contribution < -0.4 is 5.73 Å². The summed E-state index contributed by atoms with van der Waals surface area (Å²) < 4.78 is 5.73. The van der Waals surface area contributed by atoms with E-state index in [1.165, 1.54) is 5.56 Å². The SMILES string of the molecule is CC(C)(C)c1ccc(-c2nnc(SC(C(N)=O)c3ccccc3)o2)cc1. The number of carbonyl (C=O) groups is 1. The number of amides is 1. The highest BCUT2D eigenvalue weighted by molar-refractivity contribution is 8.00. The molecule has 1 heterocycles. The van der Waals surface area contributed by atoms with Gasteiger partial charge >= 0.3 is 0 Å². The molecule has 0 saturated heterocycles. The highest BCUT2D eigenvalue weighted by atomic mass is 32.2. The van der Waals surface area contributed by atoms with Crippen LogP contribution in [0.5, 0.6) is 0 Å². The fourth-order valence-corrected chi connectivity index (χ4v) is 3.33. The van der Waals surface area contributed by atoms with E-state index >= 15 is 0 Å². The lowest BCUT2D eigenvalue weighted by molar-refractivity contribution is -0.117. The van der Waals surface area contributed by atoms with E-state index in [4.69, 9.17) is 10.2 Å². The maximum absolute atomic E-state index is 11.8. The Morgan fingerprint density at radius 3 is 2.27 bits per heavy atom. The Morgan fingerprint density at radius 2 is 1.69 bits per heavy atom. The van der Waals surface area contributed by atoms with Crippen molar-refractivity contribution in [3.63, 3.8) is 0 Å². The lowest BCUT2D eigenvalue weighted by Crippen LogP contribution is -2.18. The Labute approximate surface area is 157 Å². The molecule has 0 fully saturated rings. The van der Waals surface area contributed by atoms with Crippen LogP contribution in [-0.2, 0) is 10.2 Å². The van der Waals surface area contributed by atoms with E-state index in [0.29, 0.717) is 11.1 Å². The number of nitrogens with two attached hydrogens (primary N) is 1. The monoisotopic (exact) mass is 367 g/mol. The van der Waals surface area contributed by atoms with Gasteiger partial charge in [0.2, 0.25) is 11.8 Å². The predicted molar refractivity (Wildman–Crippen MR) is 103 cm³/mol. The van der Waals surface area contributed by atoms with Crippen LogP contribution in [0.15, 0.2) is 64.2 Å². The van der Waals surface area contributed by atoms with Crippen LogP contribution in [-0.4, -0.2) is 16.1 Å². The Hall–Kier alpha value is -2.60. The van der Waals surface area contributed by atoms with E-state index in [-0.39, 0.29) is 5.41 Å². The third-order valence-corrected chi connectivity index (χ3v) is 5.09. The average Bonchev–Trinajstić information content (AvgIpc) is 3.08. The molecule has 1 unspecified atom stereocenters. The molecule has 0 aliphatic carbocycles. The van der Waals surface area contributed by atoms with Gasteiger partial charge in [-0.25, -0.2) is 0 Å². The lowest BCUT2D eigenvalue weighted by Gasteiger charge is -2.18. The molecule has 0 aliphatic rings. The number of rotatable bonds is 5. The molecule has 3 rings (SSSR count). The first-order valence-electron chi connectivity index (χ1n) is 8.30. The first-order chi connectivity index (χ1) is 12.3. The normalized spacial score (nSPS) is 12.7. The first kappa shape index (κ1) is 18.2. The molecule has 0 aliphatic heterocycles. The Bertz CT molecular complexity index is 883. The van der Waals surface area contributed by atoms with Crippen LogP contribution in [0.2, 0.25) is 0 Å². The summed E-state index contributed by atoms with van der Waals surface area (Å²) in [6.07, 6.45) is 0. The van der Waals surface area contributed by atoms with Gasteiger partial charge in [0.05, 0.1) is 0 Å². The summed E-state index contributed by atoms with van der Waals surface area (Å²) in [5.41, 5.74) is 8.50. The Kier molecular flexibility index (Phi) is 5.13. The topological polar surface area (TPSA) is 82.0 Å². The molecule has 5 nitrogen and oxygen atoms in total. The van der Waals surface area contributed by atoms with E-state index in [1.54, 1.807) is 0 Å². The van der Waals surface area contributed by atoms with Crippen molar-refractivity contribution in [2.45, 2.75) is 36.7 Å². The van der Waals surface area contributed by atoms with Crippen LogP contribution in [0.3, 0.4) is 0 Å². The molecule has 6 heteroatoms. The molecule has 0 saturated carbocycles. The molecule has 1 aromatic heterocycles. The van der Waals surface area contributed by atoms with Crippen LogP contribution in [0.25, 0.3) is 11.5 Å². The third kappa shape index (κ3) is 4.14. The molecule has 1 amide bonds. The smallest absolute Gasteiger partial charge is 0.277 e. The summed E-state index contributed by atoms with van der Waals surface area (Å²) in [5.74, 6) is -0.0280. The second kappa shape index (κ2) is 7.33. The van der Waals surface area contributed by atoms with Crippen molar-refractivity contribution in [2.75, 3.05) is 0 Å². The molecule has 0 bridgehead atoms. The van der Waals surface area contributed by atoms with Crippen molar-refractivity contribution in [1.82, 2.24) is 10.2 Å². The molecule has 134 valence electrons. The summed E-state index contributed by atoms with van der Waals surface area (Å²) in [4.78, 5) is 11.8. The number of aromatic nitrogens is 2. The minimum atomic E-state index is -0.576. The summed E-state index contributed by atoms with van der Waals surface area (Å²) in [7, 11) is 0. The molecule has 0 spiro atoms. The summed E-state index contributed by atoms with van der Waals surface area (Å²) in [6, 6.07) is 17.4. The van der Waals surface area contributed by atoms with E-state index in [9.17, 15) is 4.79 Å². The van der Waals surface area contributed by atoms with Gasteiger partial charge in [0, 0.05) is 5.56 Å². The van der Waals surface area contributed by atoms with E-state index in [1.807, 2.05) is 42.5 Å². The molecular formula is C20H21N3O2S. The van der Waals surface area contributed by atoms with Crippen LogP contribution >= 0.6 is 11.8 Å². The van der Waals surface area contributed by atoms with Gasteiger partial charge in [-0.2, -0.15) is 0 Å². The number of hydrogen-bond donors (Lipinski definition) is 1. The molecule has 2 N–H and O–H groups in total. The standard InChI is InChI=1S/C20H21N3O2S/c1-20(2,3)15-11-9-14(10-12-15)18-22-23-19(25-18)26-16(17(21)24)13-7-5-4-6-8-13/h4-12,16H,1-3H3,(H2,21,24). The predicted octanol–water partition coefficient (Wildman–Crippen LogP) is 4.35. The highest BCUT2D eigenvalue weighted by Gasteiger charge is 2.23. The second-order valence-corrected chi connectivity index (χ2v) is 8.07. The van der Waals surface area contributed by atoms with E-state index in [0.717, 1.165) is 22.9 Å². The van der Waals surface area contributed by atoms with Crippen molar-refractivity contribution in [3.8, 4) is 11.5 Å². The number of primary amides is 1. The van der Waals surface area contributed by atoms with Gasteiger partial charge in [-0.1, -0.05) is 63.2 Å². The van der Waals surface area contributed by atoms with Crippen LogP contribution in [0.1, 0.15) is 37.1 Å². The fourth-order valence-electron chi connectivity index (χ4n) is 2.51. The summed E-state index contributed by atoms with van der Waals surface area (Å²) >= 11 is 1.16. The maximum atomic E-state index is 11.8. The van der Waals surface area contributed by atoms with Gasteiger partial charge < -0.3 is 10.2 Å². The van der Waals surface area contributed by atoms with Crippen molar-refractivity contribution in [2.24, 2.45) is 5.73 Å². The third-order valence-electron chi connectivity index (χ3n) is 3.98. The molecule has 3 aromatic rings. The minimum Gasteiger partial charge on any atom is -0.411 e. The van der Waals surface area contributed by atoms with Crippen molar-refractivity contribution < 1.29 is 9.21 Å². The van der Waals surface area contributed by atoms with Gasteiger partial charge in [0.1, 0.15) is 5.25 Å². The lowest BCUT2D eigenvalue weighted by atomic mass is 9.87. The minimum absolute atomic E-state index is 0.0821. The molecular weight excluding hydrogens is 346 g/mol. The van der Waals surface area contributed by atoms with Crippen molar-refractivity contribution in [1.29, 1.82) is 0 Å². The second-order valence-electron chi connectivity index (χ2n) is 7.01. The van der Waals surface area contributed by atoms with Crippen LogP contribution in [0, 0.1) is 0 Å². The maximum Gasteiger partial charge on any atom is 0.277 e. The van der Waals surface area contributed by atoms with Crippen molar-refractivity contribution in [3.05, 3.63) is 65.7 Å². The van der Waals surface area contributed by atoms with Gasteiger partial charge in [-0.3, -0.25) is 4.79 Å². The average molecular weight is 367 g/mol. The summed E-state index contributed by atoms with van der Waals surface area (Å²) in [6.45, 7) is 6.49. The van der Waals surface area contributed by atoms with Gasteiger partial charge in [-0.05, 0) is 40.4 Å². The molecule has 1 atom stereocenters. The van der Waals surface area contributed by atoms with Gasteiger partial charge in [0.15, 0.2) is 0 Å². The zero-order valence-electron chi connectivity index (χ0n) is 15.0. The number of nitrogens with zero attached hydrogens (tertiary/aromatic N) is 2. The molecule has 0 radical (unpaired) electrons. The zero-order valence-corrected chi connectivity index (χ0v) is 15.8. The molecule has 2 aromatic carbocycles. The van der Waals surface area contributed by atoms with Gasteiger partial charge in [0.25, 0.3) is 5.22 Å². The zero-order chi connectivity index (χ0) is 18.7. The number of benzene rings is 2. The summed E-state index contributed by atoms with van der Waals surface area (Å²) in [5, 5.41) is 7.88. The first-order valence-corrected chi connectivity index (χ1v) is 9.18. The largest absolute Gasteiger partial charge is 0.411 e.